The van der Waals surface area contributed by atoms with Gasteiger partial charge in [0.15, 0.2) is 0 Å². The van der Waals surface area contributed by atoms with Crippen molar-refractivity contribution in [3.05, 3.63) is 43.2 Å². The first-order valence-corrected chi connectivity index (χ1v) is 8.06. The molecule has 1 aliphatic carbocycles. The Morgan fingerprint density at radius 1 is 1.26 bits per heavy atom. The zero-order valence-electron chi connectivity index (χ0n) is 16.5. The van der Waals surface area contributed by atoms with Gasteiger partial charge in [-0.15, -0.1) is 0 Å². The van der Waals surface area contributed by atoms with E-state index in [1.54, 1.807) is 19.9 Å². The van der Waals surface area contributed by atoms with Crippen molar-refractivity contribution in [1.82, 2.24) is 0 Å². The van der Waals surface area contributed by atoms with E-state index >= 15 is 0 Å². The van der Waals surface area contributed by atoms with E-state index in [-0.39, 0.29) is 34.9 Å². The van der Waals surface area contributed by atoms with E-state index in [0.29, 0.717) is 6.61 Å². The van der Waals surface area contributed by atoms with Crippen LogP contribution in [0, 0.1) is 25.4 Å². The molecule has 0 amide bonds. The third-order valence-electron chi connectivity index (χ3n) is 3.96. The fraction of sp³-hybridized carbons (Fsp3) is 0.600. The third kappa shape index (κ3) is 14.4. The molecule has 7 heteroatoms. The van der Waals surface area contributed by atoms with Crippen molar-refractivity contribution in [2.45, 2.75) is 65.9 Å². The number of hydrogen-bond acceptors (Lipinski definition) is 3. The van der Waals surface area contributed by atoms with Gasteiger partial charge in [0.25, 0.3) is 0 Å². The summed E-state index contributed by atoms with van der Waals surface area (Å²) >= 11 is 0. The van der Waals surface area contributed by atoms with Gasteiger partial charge < -0.3 is 9.84 Å². The normalized spacial score (nSPS) is 16.4. The molecule has 152 valence electrons. The number of aliphatic hydroxyl groups is 1. The number of rotatable bonds is 5. The topological polar surface area (TPSA) is 106 Å². The Morgan fingerprint density at radius 2 is 1.74 bits per heavy atom. The first kappa shape index (κ1) is 33.3. The Morgan fingerprint density at radius 3 is 2.15 bits per heavy atom. The quantitative estimate of drug-likeness (QED) is 0.318. The van der Waals surface area contributed by atoms with Crippen molar-refractivity contribution in [2.75, 3.05) is 6.61 Å². The molecule has 0 aromatic rings. The molecule has 0 radical (unpaired) electrons. The number of carbonyl (C=O) groups excluding carboxylic acids is 1. The molecular formula is C20H28FeO6. The zero-order valence-corrected chi connectivity index (χ0v) is 17.6. The maximum atomic E-state index is 11.5. The summed E-state index contributed by atoms with van der Waals surface area (Å²) in [5, 5.41) is 10.3. The summed E-state index contributed by atoms with van der Waals surface area (Å²) in [5.41, 5.74) is 1.64. The van der Waals surface area contributed by atoms with Gasteiger partial charge >= 0.3 is 39.9 Å². The van der Waals surface area contributed by atoms with Crippen molar-refractivity contribution < 1.29 is 45.7 Å². The van der Waals surface area contributed by atoms with E-state index in [1.807, 2.05) is 6.08 Å². The van der Waals surface area contributed by atoms with E-state index in [9.17, 15) is 9.90 Å². The van der Waals surface area contributed by atoms with E-state index in [1.165, 1.54) is 17.6 Å². The maximum Gasteiger partial charge on any atom is 0 e. The van der Waals surface area contributed by atoms with E-state index in [4.69, 9.17) is 18.7 Å². The minimum atomic E-state index is -1.16. The maximum absolute atomic E-state index is 11.5. The molecule has 0 fully saturated rings. The van der Waals surface area contributed by atoms with Gasteiger partial charge in [0.1, 0.15) is 0 Å². The van der Waals surface area contributed by atoms with Gasteiger partial charge in [0.05, 0.1) is 18.6 Å². The first-order valence-electron chi connectivity index (χ1n) is 8.06. The minimum Gasteiger partial charge on any atom is 0 e. The van der Waals surface area contributed by atoms with Gasteiger partial charge in [-0.25, -0.2) is 0 Å². The van der Waals surface area contributed by atoms with E-state index in [2.05, 4.69) is 40.7 Å². The smallest absolute Gasteiger partial charge is 0 e. The largest absolute Gasteiger partial charge is 0 e. The van der Waals surface area contributed by atoms with Gasteiger partial charge in [-0.1, -0.05) is 31.6 Å². The van der Waals surface area contributed by atoms with Crippen LogP contribution < -0.4 is 0 Å². The number of carbonyl (C=O) groups is 1. The Hall–Kier alpha value is -1.35. The summed E-state index contributed by atoms with van der Waals surface area (Å²) in [5.74, 6) is -0.365. The van der Waals surface area contributed by atoms with Crippen molar-refractivity contribution >= 4 is 5.97 Å². The van der Waals surface area contributed by atoms with Crippen LogP contribution in [0.1, 0.15) is 60.3 Å². The van der Waals surface area contributed by atoms with E-state index in [0.717, 1.165) is 12.8 Å². The second kappa shape index (κ2) is 18.0. The number of ether oxygens (including phenoxy) is 1. The van der Waals surface area contributed by atoms with Crippen molar-refractivity contribution in [1.29, 1.82) is 0 Å². The molecule has 0 spiro atoms. The standard InChI is InChI=1S/C17H28O3.3CO.Fe/c1-6-20-15(18)12-17(5,19)11-9-14-13(2)8-7-10-16(14,3)4;3*1-2;/h9,11,19H,6-8,10,12H2,1-5H3;;;;/b11-9+;;;;. The Kier molecular flexibility index (Phi) is 22.2. The fourth-order valence-corrected chi connectivity index (χ4v) is 2.84. The fourth-order valence-electron chi connectivity index (χ4n) is 2.84. The molecule has 0 heterocycles. The summed E-state index contributed by atoms with van der Waals surface area (Å²) in [6, 6.07) is 0. The van der Waals surface area contributed by atoms with E-state index < -0.39 is 5.60 Å². The molecule has 1 rings (SSSR count). The Balaban J connectivity index is -0.000000342. The van der Waals surface area contributed by atoms with Gasteiger partial charge in [0, 0.05) is 17.1 Å². The van der Waals surface area contributed by atoms with Crippen LogP contribution in [0.4, 0.5) is 0 Å². The van der Waals surface area contributed by atoms with Crippen LogP contribution in [-0.4, -0.2) is 23.3 Å². The van der Waals surface area contributed by atoms with Gasteiger partial charge in [-0.3, -0.25) is 4.79 Å². The summed E-state index contributed by atoms with van der Waals surface area (Å²) in [6.07, 6.45) is 7.20. The van der Waals surface area contributed by atoms with Crippen molar-refractivity contribution in [2.24, 2.45) is 5.41 Å². The van der Waals surface area contributed by atoms with Gasteiger partial charge in [-0.2, -0.15) is 0 Å². The molecule has 27 heavy (non-hydrogen) atoms. The average molecular weight is 420 g/mol. The molecule has 0 aliphatic heterocycles. The molecule has 0 bridgehead atoms. The summed E-state index contributed by atoms with van der Waals surface area (Å²) in [4.78, 5) is 11.5. The van der Waals surface area contributed by atoms with Crippen molar-refractivity contribution in [3.63, 3.8) is 0 Å². The van der Waals surface area contributed by atoms with Crippen LogP contribution in [-0.2, 0) is 40.6 Å². The SMILES string of the molecule is CCOC(=O)CC(C)(O)/C=C/C1=C(C)CCCC1(C)C.[C-]#[O+].[C-]#[O+].[C-]#[O+].[Fe]. The third-order valence-corrected chi connectivity index (χ3v) is 3.96. The molecule has 0 saturated heterocycles. The molecule has 0 aromatic carbocycles. The molecule has 1 N–H and O–H groups in total. The minimum absolute atomic E-state index is 0. The van der Waals surface area contributed by atoms with Crippen molar-refractivity contribution in [3.8, 4) is 0 Å². The van der Waals surface area contributed by atoms with Crippen LogP contribution in [0.5, 0.6) is 0 Å². The first-order chi connectivity index (χ1) is 12.2. The molecule has 1 atom stereocenters. The number of allylic oxidation sites excluding steroid dienone is 3. The zero-order chi connectivity index (χ0) is 21.4. The monoisotopic (exact) mass is 420 g/mol. The van der Waals surface area contributed by atoms with Crippen LogP contribution in [0.3, 0.4) is 0 Å². The van der Waals surface area contributed by atoms with Crippen LogP contribution in [0.2, 0.25) is 0 Å². The average Bonchev–Trinajstić information content (AvgIpc) is 2.59. The second-order valence-corrected chi connectivity index (χ2v) is 6.60. The molecule has 0 saturated carbocycles. The van der Waals surface area contributed by atoms with Crippen LogP contribution in [0.25, 0.3) is 0 Å². The second-order valence-electron chi connectivity index (χ2n) is 6.60. The molecule has 0 aromatic heterocycles. The summed E-state index contributed by atoms with van der Waals surface area (Å²) in [7, 11) is 0. The van der Waals surface area contributed by atoms with Crippen LogP contribution in [0.15, 0.2) is 23.3 Å². The predicted octanol–water partition coefficient (Wildman–Crippen LogP) is 3.66. The molecule has 1 aliphatic rings. The van der Waals surface area contributed by atoms with Gasteiger partial charge in [0.2, 0.25) is 0 Å². The molecule has 1 unspecified atom stereocenters. The predicted molar refractivity (Wildman–Crippen MR) is 93.1 cm³/mol. The van der Waals surface area contributed by atoms with Crippen LogP contribution >= 0.6 is 0 Å². The Bertz CT molecular complexity index is 524. The molecule has 6 nitrogen and oxygen atoms in total. The number of esters is 1. The van der Waals surface area contributed by atoms with Gasteiger partial charge in [-0.05, 0) is 51.0 Å². The number of hydrogen-bond donors (Lipinski definition) is 1. The summed E-state index contributed by atoms with van der Waals surface area (Å²) < 4.78 is 27.4. The molecular weight excluding hydrogens is 392 g/mol. The summed E-state index contributed by atoms with van der Waals surface area (Å²) in [6.45, 7) is 23.9. The Labute approximate surface area is 173 Å².